The van der Waals surface area contributed by atoms with Gasteiger partial charge in [-0.05, 0) is 24.6 Å². The van der Waals surface area contributed by atoms with Crippen molar-refractivity contribution in [3.63, 3.8) is 0 Å². The first-order chi connectivity index (χ1) is 9.41. The van der Waals surface area contributed by atoms with E-state index in [9.17, 15) is 19.3 Å². The largest absolute Gasteiger partial charge is 0.289 e. The van der Waals surface area contributed by atoms with E-state index < -0.39 is 16.5 Å². The van der Waals surface area contributed by atoms with Crippen LogP contribution in [0, 0.1) is 22.9 Å². The van der Waals surface area contributed by atoms with Crippen molar-refractivity contribution in [1.82, 2.24) is 0 Å². The Balaban J connectivity index is 2.49. The van der Waals surface area contributed by atoms with Gasteiger partial charge in [0.1, 0.15) is 5.82 Å². The molecular formula is C14H9ClFNO3. The zero-order valence-electron chi connectivity index (χ0n) is 10.4. The van der Waals surface area contributed by atoms with Crippen LogP contribution in [0.5, 0.6) is 0 Å². The maximum atomic E-state index is 13.5. The molecule has 20 heavy (non-hydrogen) atoms. The minimum Gasteiger partial charge on any atom is -0.289 e. The summed E-state index contributed by atoms with van der Waals surface area (Å²) in [5.41, 5.74) is 0.293. The summed E-state index contributed by atoms with van der Waals surface area (Å²) in [7, 11) is 0. The highest BCUT2D eigenvalue weighted by molar-refractivity contribution is 6.35. The molecule has 0 aliphatic heterocycles. The fourth-order valence-electron chi connectivity index (χ4n) is 1.80. The van der Waals surface area contributed by atoms with E-state index in [4.69, 9.17) is 11.6 Å². The number of hydrogen-bond donors (Lipinski definition) is 0. The van der Waals surface area contributed by atoms with Gasteiger partial charge in [0, 0.05) is 23.3 Å². The lowest BCUT2D eigenvalue weighted by atomic mass is 9.98. The Morgan fingerprint density at radius 3 is 2.55 bits per heavy atom. The molecule has 0 N–H and O–H groups in total. The normalized spacial score (nSPS) is 10.3. The van der Waals surface area contributed by atoms with Gasteiger partial charge in [-0.1, -0.05) is 23.7 Å². The average molecular weight is 294 g/mol. The number of ketones is 1. The number of hydrogen-bond acceptors (Lipinski definition) is 3. The van der Waals surface area contributed by atoms with Crippen molar-refractivity contribution in [2.24, 2.45) is 0 Å². The molecule has 0 fully saturated rings. The van der Waals surface area contributed by atoms with Gasteiger partial charge in [-0.2, -0.15) is 0 Å². The molecule has 0 aliphatic rings. The molecule has 102 valence electrons. The van der Waals surface area contributed by atoms with E-state index >= 15 is 0 Å². The van der Waals surface area contributed by atoms with Gasteiger partial charge in [-0.25, -0.2) is 4.39 Å². The lowest BCUT2D eigenvalue weighted by Gasteiger charge is -2.07. The Hall–Kier alpha value is -2.27. The maximum absolute atomic E-state index is 13.5. The number of benzene rings is 2. The second-order valence-electron chi connectivity index (χ2n) is 4.16. The highest BCUT2D eigenvalue weighted by atomic mass is 35.5. The average Bonchev–Trinajstić information content (AvgIpc) is 2.41. The molecule has 0 unspecified atom stereocenters. The molecule has 0 amide bonds. The fourth-order valence-corrected chi connectivity index (χ4v) is 2.06. The summed E-state index contributed by atoms with van der Waals surface area (Å²) in [6.45, 7) is 1.49. The Morgan fingerprint density at radius 1 is 1.25 bits per heavy atom. The van der Waals surface area contributed by atoms with Gasteiger partial charge in [0.25, 0.3) is 5.69 Å². The molecule has 0 spiro atoms. The minimum absolute atomic E-state index is 0.0344. The molecule has 0 heterocycles. The molecule has 0 saturated heterocycles. The molecule has 0 atom stereocenters. The van der Waals surface area contributed by atoms with Crippen LogP contribution in [0.25, 0.3) is 0 Å². The van der Waals surface area contributed by atoms with Gasteiger partial charge in [0.2, 0.25) is 0 Å². The van der Waals surface area contributed by atoms with Crippen LogP contribution in [0.4, 0.5) is 10.1 Å². The third-order valence-corrected chi connectivity index (χ3v) is 3.23. The molecule has 4 nitrogen and oxygen atoms in total. The first kappa shape index (κ1) is 14.1. The Morgan fingerprint density at radius 2 is 1.95 bits per heavy atom. The quantitative estimate of drug-likeness (QED) is 0.489. The van der Waals surface area contributed by atoms with Crippen molar-refractivity contribution in [3.05, 3.63) is 74.0 Å². The summed E-state index contributed by atoms with van der Waals surface area (Å²) in [6, 6.07) is 7.72. The number of carbonyl (C=O) groups is 1. The molecule has 2 aromatic carbocycles. The van der Waals surface area contributed by atoms with Crippen LogP contribution in [-0.2, 0) is 0 Å². The van der Waals surface area contributed by atoms with E-state index in [-0.39, 0.29) is 27.4 Å². The van der Waals surface area contributed by atoms with Crippen molar-refractivity contribution in [3.8, 4) is 0 Å². The third-order valence-electron chi connectivity index (χ3n) is 2.92. The van der Waals surface area contributed by atoms with E-state index in [1.54, 1.807) is 0 Å². The lowest BCUT2D eigenvalue weighted by molar-refractivity contribution is -0.384. The predicted octanol–water partition coefficient (Wildman–Crippen LogP) is 3.93. The van der Waals surface area contributed by atoms with Gasteiger partial charge in [-0.15, -0.1) is 0 Å². The van der Waals surface area contributed by atoms with E-state index in [1.165, 1.54) is 37.3 Å². The van der Waals surface area contributed by atoms with Crippen molar-refractivity contribution in [2.75, 3.05) is 0 Å². The van der Waals surface area contributed by atoms with Crippen molar-refractivity contribution in [2.45, 2.75) is 6.92 Å². The smallest absolute Gasteiger partial charge is 0.270 e. The van der Waals surface area contributed by atoms with Crippen LogP contribution in [0.15, 0.2) is 36.4 Å². The minimum atomic E-state index is -0.604. The van der Waals surface area contributed by atoms with Gasteiger partial charge >= 0.3 is 0 Å². The SMILES string of the molecule is Cc1c(F)cccc1C(=O)c1ccc([N+](=O)[O-])cc1Cl. The lowest BCUT2D eigenvalue weighted by Crippen LogP contribution is -2.06. The summed E-state index contributed by atoms with van der Waals surface area (Å²) in [5.74, 6) is -0.962. The first-order valence-electron chi connectivity index (χ1n) is 5.65. The predicted molar refractivity (Wildman–Crippen MR) is 72.7 cm³/mol. The Labute approximate surface area is 119 Å². The summed E-state index contributed by atoms with van der Waals surface area (Å²) < 4.78 is 13.5. The first-order valence-corrected chi connectivity index (χ1v) is 6.03. The topological polar surface area (TPSA) is 60.2 Å². The summed E-state index contributed by atoms with van der Waals surface area (Å²) in [6.07, 6.45) is 0. The van der Waals surface area contributed by atoms with Crippen LogP contribution in [-0.4, -0.2) is 10.7 Å². The Bertz CT molecular complexity index is 716. The van der Waals surface area contributed by atoms with Crippen LogP contribution in [0.3, 0.4) is 0 Å². The van der Waals surface area contributed by atoms with Crippen molar-refractivity contribution < 1.29 is 14.1 Å². The van der Waals surface area contributed by atoms with Crippen molar-refractivity contribution >= 4 is 23.1 Å². The number of nitrogens with zero attached hydrogens (tertiary/aromatic N) is 1. The molecule has 0 bridgehead atoms. The van der Waals surface area contributed by atoms with Crippen molar-refractivity contribution in [1.29, 1.82) is 0 Å². The number of nitro groups is 1. The fraction of sp³-hybridized carbons (Fsp3) is 0.0714. The monoisotopic (exact) mass is 293 g/mol. The summed E-state index contributed by atoms with van der Waals surface area (Å²) in [4.78, 5) is 22.3. The van der Waals surface area contributed by atoms with Crippen LogP contribution >= 0.6 is 11.6 Å². The van der Waals surface area contributed by atoms with Gasteiger partial charge in [-0.3, -0.25) is 14.9 Å². The van der Waals surface area contributed by atoms with Crippen LogP contribution in [0.1, 0.15) is 21.5 Å². The van der Waals surface area contributed by atoms with E-state index in [1.807, 2.05) is 0 Å². The summed E-state index contributed by atoms with van der Waals surface area (Å²) in [5, 5.41) is 10.6. The van der Waals surface area contributed by atoms with Gasteiger partial charge < -0.3 is 0 Å². The van der Waals surface area contributed by atoms with E-state index in [0.29, 0.717) is 0 Å². The van der Waals surface area contributed by atoms with E-state index in [2.05, 4.69) is 0 Å². The molecule has 6 heteroatoms. The molecule has 0 saturated carbocycles. The van der Waals surface area contributed by atoms with Gasteiger partial charge in [0.15, 0.2) is 5.78 Å². The number of non-ortho nitro benzene ring substituents is 1. The molecule has 2 rings (SSSR count). The highest BCUT2D eigenvalue weighted by Gasteiger charge is 2.18. The molecule has 0 radical (unpaired) electrons. The second-order valence-corrected chi connectivity index (χ2v) is 4.57. The van der Waals surface area contributed by atoms with Gasteiger partial charge in [0.05, 0.1) is 9.95 Å². The van der Waals surface area contributed by atoms with Crippen LogP contribution in [0.2, 0.25) is 5.02 Å². The molecule has 2 aromatic rings. The molecular weight excluding hydrogens is 285 g/mol. The number of rotatable bonds is 3. The second kappa shape index (κ2) is 5.38. The Kier molecular flexibility index (Phi) is 3.81. The van der Waals surface area contributed by atoms with E-state index in [0.717, 1.165) is 6.07 Å². The zero-order valence-corrected chi connectivity index (χ0v) is 11.1. The number of carbonyl (C=O) groups excluding carboxylic acids is 1. The zero-order chi connectivity index (χ0) is 14.9. The number of halogens is 2. The molecule has 0 aliphatic carbocycles. The number of nitro benzene ring substituents is 1. The standard InChI is InChI=1S/C14H9ClFNO3/c1-8-10(3-2-4-13(8)16)14(18)11-6-5-9(17(19)20)7-12(11)15/h2-7H,1H3. The molecule has 0 aromatic heterocycles. The third kappa shape index (κ3) is 2.53. The maximum Gasteiger partial charge on any atom is 0.270 e. The summed E-state index contributed by atoms with van der Waals surface area (Å²) >= 11 is 5.89. The highest BCUT2D eigenvalue weighted by Crippen LogP contribution is 2.26. The van der Waals surface area contributed by atoms with Crippen LogP contribution < -0.4 is 0 Å².